The standard InChI is InChI=1S/C22H23OP.2C2H6N.Ti/c1-22(2,3)19-15-10-16-20(21(19)23)24(17-11-6-4-7-12-17)18-13-8-5-9-14-18;2*1-3-2;/h4-16,23H,1-3H3;2*1-2H3;/q;2*-1;+2/p+1. The number of benzene rings is 3. The van der Waals surface area contributed by atoms with E-state index in [4.69, 9.17) is 0 Å². The SMILES string of the molecule is CC(C)(C)c1cccc([PH+](c2ccccc2)c2ccccc2)c1O.C[N-]C.C[N-]C.[Ti+2]. The second kappa shape index (κ2) is 15.3. The molecule has 3 nitrogen and oxygen atoms in total. The summed E-state index contributed by atoms with van der Waals surface area (Å²) in [6.07, 6.45) is 0. The zero-order chi connectivity index (χ0) is 22.6. The first kappa shape index (κ1) is 29.5. The summed E-state index contributed by atoms with van der Waals surface area (Å²) in [5.74, 6) is 0.451. The summed E-state index contributed by atoms with van der Waals surface area (Å²) in [7, 11) is 5.76. The minimum Gasteiger partial charge on any atom is -0.668 e. The fourth-order valence-corrected chi connectivity index (χ4v) is 5.68. The van der Waals surface area contributed by atoms with Gasteiger partial charge in [0.25, 0.3) is 0 Å². The van der Waals surface area contributed by atoms with Crippen molar-refractivity contribution in [3.63, 3.8) is 0 Å². The minimum atomic E-state index is -1.24. The zero-order valence-corrected chi connectivity index (χ0v) is 22.4. The van der Waals surface area contributed by atoms with Gasteiger partial charge in [0, 0.05) is 5.56 Å². The van der Waals surface area contributed by atoms with Crippen molar-refractivity contribution in [3.05, 3.63) is 95.1 Å². The van der Waals surface area contributed by atoms with Gasteiger partial charge in [0.15, 0.2) is 5.75 Å². The number of aromatic hydroxyl groups is 1. The normalized spacial score (nSPS) is 10.2. The van der Waals surface area contributed by atoms with Crippen molar-refractivity contribution < 1.29 is 26.8 Å². The third kappa shape index (κ3) is 9.27. The van der Waals surface area contributed by atoms with Gasteiger partial charge in [-0.3, -0.25) is 0 Å². The molecule has 0 heterocycles. The first-order valence-corrected chi connectivity index (χ1v) is 11.6. The van der Waals surface area contributed by atoms with Crippen molar-refractivity contribution in [2.75, 3.05) is 28.2 Å². The van der Waals surface area contributed by atoms with Gasteiger partial charge in [-0.2, -0.15) is 28.2 Å². The van der Waals surface area contributed by atoms with Gasteiger partial charge < -0.3 is 15.7 Å². The van der Waals surface area contributed by atoms with Crippen molar-refractivity contribution in [1.82, 2.24) is 0 Å². The topological polar surface area (TPSA) is 48.4 Å². The molecule has 3 rings (SSSR count). The Morgan fingerprint density at radius 2 is 1.03 bits per heavy atom. The van der Waals surface area contributed by atoms with Crippen LogP contribution >= 0.6 is 7.92 Å². The fraction of sp³-hybridized carbons (Fsp3) is 0.308. The Labute approximate surface area is 205 Å². The van der Waals surface area contributed by atoms with Gasteiger partial charge in [-0.25, -0.2) is 0 Å². The molecule has 164 valence electrons. The molecule has 0 bridgehead atoms. The van der Waals surface area contributed by atoms with Crippen LogP contribution in [-0.2, 0) is 27.1 Å². The molecule has 0 saturated heterocycles. The van der Waals surface area contributed by atoms with Crippen LogP contribution in [0.1, 0.15) is 26.3 Å². The monoisotopic (exact) mass is 471 g/mol. The molecule has 0 aromatic heterocycles. The molecule has 0 aliphatic rings. The molecule has 31 heavy (non-hydrogen) atoms. The average Bonchev–Trinajstić information content (AvgIpc) is 2.71. The molecule has 0 aliphatic heterocycles. The van der Waals surface area contributed by atoms with E-state index in [1.807, 2.05) is 18.2 Å². The maximum atomic E-state index is 11.0. The van der Waals surface area contributed by atoms with Crippen LogP contribution < -0.4 is 15.9 Å². The van der Waals surface area contributed by atoms with Gasteiger partial charge in [0.2, 0.25) is 0 Å². The smallest absolute Gasteiger partial charge is 0.668 e. The van der Waals surface area contributed by atoms with E-state index in [2.05, 4.69) is 92.1 Å². The molecular formula is C26H36N2OPTi+. The van der Waals surface area contributed by atoms with E-state index in [-0.39, 0.29) is 27.1 Å². The second-order valence-corrected chi connectivity index (χ2v) is 10.4. The summed E-state index contributed by atoms with van der Waals surface area (Å²) in [5.41, 5.74) is 0.926. The third-order valence-electron chi connectivity index (χ3n) is 4.24. The van der Waals surface area contributed by atoms with Crippen molar-refractivity contribution >= 4 is 23.8 Å². The van der Waals surface area contributed by atoms with Crippen molar-refractivity contribution in [2.45, 2.75) is 26.2 Å². The molecular weight excluding hydrogens is 435 g/mol. The van der Waals surface area contributed by atoms with Crippen molar-refractivity contribution in [1.29, 1.82) is 0 Å². The van der Waals surface area contributed by atoms with Crippen LogP contribution in [0.2, 0.25) is 0 Å². The molecule has 0 aliphatic carbocycles. The van der Waals surface area contributed by atoms with Gasteiger partial charge in [0.05, 0.1) is 0 Å². The molecule has 0 spiro atoms. The van der Waals surface area contributed by atoms with E-state index in [9.17, 15) is 5.11 Å². The van der Waals surface area contributed by atoms with E-state index in [0.717, 1.165) is 10.9 Å². The van der Waals surface area contributed by atoms with Crippen LogP contribution in [0.3, 0.4) is 0 Å². The number of phenols is 1. The summed E-state index contributed by atoms with van der Waals surface area (Å²) < 4.78 is 0. The fourth-order valence-electron chi connectivity index (χ4n) is 3.04. The van der Waals surface area contributed by atoms with Crippen LogP contribution in [0.4, 0.5) is 0 Å². The molecule has 0 amide bonds. The largest absolute Gasteiger partial charge is 2.00 e. The molecule has 0 saturated carbocycles. The molecule has 3 aromatic rings. The Kier molecular flexibility index (Phi) is 14.6. The second-order valence-electron chi connectivity index (χ2n) is 7.95. The number of phenolic OH excluding ortho intramolecular Hbond substituents is 1. The van der Waals surface area contributed by atoms with Crippen LogP contribution in [0.25, 0.3) is 10.6 Å². The van der Waals surface area contributed by atoms with Gasteiger partial charge in [0.1, 0.15) is 23.8 Å². The van der Waals surface area contributed by atoms with Gasteiger partial charge in [-0.15, -0.1) is 0 Å². The Balaban J connectivity index is 0.00000116. The molecule has 0 atom stereocenters. The van der Waals surface area contributed by atoms with Crippen LogP contribution in [0.5, 0.6) is 5.75 Å². The van der Waals surface area contributed by atoms with Gasteiger partial charge in [-0.05, 0) is 35.7 Å². The predicted molar refractivity (Wildman–Crippen MR) is 137 cm³/mol. The van der Waals surface area contributed by atoms with Gasteiger partial charge in [-0.1, -0.05) is 69.3 Å². The first-order valence-electron chi connectivity index (χ1n) is 10.1. The number of para-hydroxylation sites is 1. The molecule has 0 unspecified atom stereocenters. The Morgan fingerprint density at radius 1 is 0.645 bits per heavy atom. The van der Waals surface area contributed by atoms with Crippen molar-refractivity contribution in [2.24, 2.45) is 0 Å². The summed E-state index contributed by atoms with van der Waals surface area (Å²) in [6.45, 7) is 6.43. The third-order valence-corrected chi connectivity index (χ3v) is 7.00. The van der Waals surface area contributed by atoms with Crippen LogP contribution in [-0.4, -0.2) is 33.3 Å². The predicted octanol–water partition coefficient (Wildman–Crippen LogP) is 5.42. The van der Waals surface area contributed by atoms with Crippen LogP contribution in [0, 0.1) is 0 Å². The Bertz CT molecular complexity index is 811. The quantitative estimate of drug-likeness (QED) is 0.403. The maximum Gasteiger partial charge on any atom is 2.00 e. The van der Waals surface area contributed by atoms with E-state index >= 15 is 0 Å². The summed E-state index contributed by atoms with van der Waals surface area (Å²) in [4.78, 5) is 0. The molecule has 0 fully saturated rings. The van der Waals surface area contributed by atoms with Crippen LogP contribution in [0.15, 0.2) is 78.9 Å². The average molecular weight is 471 g/mol. The number of nitrogens with zero attached hydrogens (tertiary/aromatic N) is 2. The van der Waals surface area contributed by atoms with E-state index in [1.54, 1.807) is 28.2 Å². The maximum absolute atomic E-state index is 11.0. The number of hydrogen-bond donors (Lipinski definition) is 1. The summed E-state index contributed by atoms with van der Waals surface area (Å²) in [5, 5.41) is 21.7. The van der Waals surface area contributed by atoms with E-state index in [1.165, 1.54) is 10.6 Å². The van der Waals surface area contributed by atoms with Gasteiger partial charge >= 0.3 is 21.7 Å². The minimum absolute atomic E-state index is 0. The number of rotatable bonds is 3. The van der Waals surface area contributed by atoms with E-state index < -0.39 is 7.92 Å². The first-order chi connectivity index (χ1) is 14.3. The summed E-state index contributed by atoms with van der Waals surface area (Å²) >= 11 is 0. The molecule has 0 radical (unpaired) electrons. The Hall–Kier alpha value is -1.48. The molecule has 5 heteroatoms. The van der Waals surface area contributed by atoms with Crippen molar-refractivity contribution in [3.8, 4) is 5.75 Å². The summed E-state index contributed by atoms with van der Waals surface area (Å²) in [6, 6.07) is 27.3. The number of hydrogen-bond acceptors (Lipinski definition) is 1. The molecule has 3 aromatic carbocycles. The zero-order valence-electron chi connectivity index (χ0n) is 19.8. The molecule has 1 N–H and O–H groups in total. The van der Waals surface area contributed by atoms with E-state index in [0.29, 0.717) is 5.75 Å². The Morgan fingerprint density at radius 3 is 1.39 bits per heavy atom.